The predicted octanol–water partition coefficient (Wildman–Crippen LogP) is 3.41. The third-order valence-corrected chi connectivity index (χ3v) is 4.04. The van der Waals surface area contributed by atoms with Crippen LogP contribution in [-0.4, -0.2) is 13.9 Å². The van der Waals surface area contributed by atoms with E-state index in [4.69, 9.17) is 15.9 Å². The van der Waals surface area contributed by atoms with Gasteiger partial charge in [-0.15, -0.1) is 0 Å². The standard InChI is InChI=1S/C9H5ClF3NO2S2/c1-5-2-7(17-9(11,12)13)3-6(4-14)8(5)18(10,15)16/h2-3H,1H3. The quantitative estimate of drug-likeness (QED) is 0.620. The van der Waals surface area contributed by atoms with E-state index < -0.39 is 36.8 Å². The summed E-state index contributed by atoms with van der Waals surface area (Å²) in [6.45, 7) is 1.27. The largest absolute Gasteiger partial charge is 0.446 e. The lowest BCUT2D eigenvalue weighted by molar-refractivity contribution is -0.0328. The summed E-state index contributed by atoms with van der Waals surface area (Å²) >= 11 is -0.425. The molecule has 0 fully saturated rings. The Morgan fingerprint density at radius 3 is 2.33 bits per heavy atom. The Kier molecular flexibility index (Phi) is 4.20. The second-order valence-corrected chi connectivity index (χ2v) is 6.86. The minimum absolute atomic E-state index is 0.00389. The van der Waals surface area contributed by atoms with Gasteiger partial charge in [0.2, 0.25) is 0 Å². The Morgan fingerprint density at radius 1 is 1.39 bits per heavy atom. The zero-order chi connectivity index (χ0) is 14.1. The van der Waals surface area contributed by atoms with Gasteiger partial charge in [0.15, 0.2) is 0 Å². The van der Waals surface area contributed by atoms with Gasteiger partial charge in [-0.3, -0.25) is 0 Å². The molecule has 98 valence electrons. The fourth-order valence-electron chi connectivity index (χ4n) is 1.34. The van der Waals surface area contributed by atoms with Gasteiger partial charge in [-0.25, -0.2) is 8.42 Å². The van der Waals surface area contributed by atoms with Crippen LogP contribution in [0, 0.1) is 18.3 Å². The third-order valence-electron chi connectivity index (χ3n) is 1.85. The zero-order valence-electron chi connectivity index (χ0n) is 8.75. The van der Waals surface area contributed by atoms with Crippen LogP contribution >= 0.6 is 22.4 Å². The first-order valence-corrected chi connectivity index (χ1v) is 7.42. The van der Waals surface area contributed by atoms with E-state index in [1.54, 1.807) is 0 Å². The normalized spacial score (nSPS) is 12.2. The number of hydrogen-bond acceptors (Lipinski definition) is 4. The van der Waals surface area contributed by atoms with E-state index in [0.717, 1.165) is 12.1 Å². The highest BCUT2D eigenvalue weighted by Crippen LogP contribution is 2.39. The molecule has 0 heterocycles. The van der Waals surface area contributed by atoms with Crippen LogP contribution in [0.25, 0.3) is 0 Å². The van der Waals surface area contributed by atoms with Crippen molar-refractivity contribution in [2.45, 2.75) is 22.2 Å². The number of nitriles is 1. The Hall–Kier alpha value is -0.910. The molecular formula is C9H5ClF3NO2S2. The van der Waals surface area contributed by atoms with Crippen LogP contribution < -0.4 is 0 Å². The van der Waals surface area contributed by atoms with E-state index >= 15 is 0 Å². The van der Waals surface area contributed by atoms with Crippen molar-refractivity contribution < 1.29 is 21.6 Å². The lowest BCUT2D eigenvalue weighted by Gasteiger charge is -2.09. The lowest BCUT2D eigenvalue weighted by atomic mass is 10.1. The van der Waals surface area contributed by atoms with E-state index in [9.17, 15) is 21.6 Å². The monoisotopic (exact) mass is 315 g/mol. The van der Waals surface area contributed by atoms with Crippen molar-refractivity contribution in [2.24, 2.45) is 0 Å². The summed E-state index contributed by atoms with van der Waals surface area (Å²) in [7, 11) is 0.948. The summed E-state index contributed by atoms with van der Waals surface area (Å²) in [6.07, 6.45) is 0. The van der Waals surface area contributed by atoms with Gasteiger partial charge < -0.3 is 0 Å². The van der Waals surface area contributed by atoms with Crippen LogP contribution in [0.5, 0.6) is 0 Å². The first-order chi connectivity index (χ1) is 8.04. The van der Waals surface area contributed by atoms with Gasteiger partial charge in [0.05, 0.1) is 5.56 Å². The molecule has 0 atom stereocenters. The smallest absolute Gasteiger partial charge is 0.207 e. The number of rotatable bonds is 2. The maximum atomic E-state index is 12.2. The Morgan fingerprint density at radius 2 is 1.94 bits per heavy atom. The minimum Gasteiger partial charge on any atom is -0.207 e. The van der Waals surface area contributed by atoms with Crippen molar-refractivity contribution in [2.75, 3.05) is 0 Å². The molecule has 1 rings (SSSR count). The summed E-state index contributed by atoms with van der Waals surface area (Å²) in [6, 6.07) is 3.39. The third kappa shape index (κ3) is 3.80. The maximum Gasteiger partial charge on any atom is 0.446 e. The zero-order valence-corrected chi connectivity index (χ0v) is 11.1. The lowest BCUT2D eigenvalue weighted by Crippen LogP contribution is -2.03. The molecular weight excluding hydrogens is 311 g/mol. The number of halogens is 4. The molecule has 3 nitrogen and oxygen atoms in total. The molecule has 0 unspecified atom stereocenters. The molecule has 18 heavy (non-hydrogen) atoms. The van der Waals surface area contributed by atoms with Crippen LogP contribution in [0.4, 0.5) is 13.2 Å². The van der Waals surface area contributed by atoms with E-state index in [-0.39, 0.29) is 10.5 Å². The van der Waals surface area contributed by atoms with Gasteiger partial charge in [0.25, 0.3) is 9.05 Å². The molecule has 0 bridgehead atoms. The van der Waals surface area contributed by atoms with E-state index in [1.807, 2.05) is 0 Å². The summed E-state index contributed by atoms with van der Waals surface area (Å²) in [5, 5.41) is 8.77. The van der Waals surface area contributed by atoms with Crippen molar-refractivity contribution in [1.29, 1.82) is 5.26 Å². The van der Waals surface area contributed by atoms with Crippen molar-refractivity contribution in [1.82, 2.24) is 0 Å². The minimum atomic E-state index is -4.51. The first kappa shape index (κ1) is 15.1. The highest BCUT2D eigenvalue weighted by molar-refractivity contribution is 8.13. The molecule has 0 radical (unpaired) electrons. The second-order valence-electron chi connectivity index (χ2n) is 3.21. The molecule has 0 aliphatic heterocycles. The van der Waals surface area contributed by atoms with Crippen molar-refractivity contribution >= 4 is 31.5 Å². The van der Waals surface area contributed by atoms with Gasteiger partial charge >= 0.3 is 5.51 Å². The maximum absolute atomic E-state index is 12.2. The Balaban J connectivity index is 3.43. The van der Waals surface area contributed by atoms with Crippen LogP contribution in [0.3, 0.4) is 0 Å². The molecule has 0 aliphatic carbocycles. The highest BCUT2D eigenvalue weighted by atomic mass is 35.7. The van der Waals surface area contributed by atoms with E-state index in [2.05, 4.69) is 0 Å². The average molecular weight is 316 g/mol. The van der Waals surface area contributed by atoms with Gasteiger partial charge in [0.1, 0.15) is 11.0 Å². The number of nitrogens with zero attached hydrogens (tertiary/aromatic N) is 1. The van der Waals surface area contributed by atoms with E-state index in [0.29, 0.717) is 0 Å². The summed E-state index contributed by atoms with van der Waals surface area (Å²) < 4.78 is 59.0. The summed E-state index contributed by atoms with van der Waals surface area (Å²) in [4.78, 5) is -0.723. The molecule has 0 saturated heterocycles. The van der Waals surface area contributed by atoms with Gasteiger partial charge in [-0.05, 0) is 36.4 Å². The highest BCUT2D eigenvalue weighted by Gasteiger charge is 2.30. The first-order valence-electron chi connectivity index (χ1n) is 4.30. The van der Waals surface area contributed by atoms with Gasteiger partial charge in [0, 0.05) is 15.6 Å². The van der Waals surface area contributed by atoms with Crippen LogP contribution in [-0.2, 0) is 9.05 Å². The molecule has 0 spiro atoms. The van der Waals surface area contributed by atoms with Gasteiger partial charge in [-0.2, -0.15) is 18.4 Å². The molecule has 1 aromatic rings. The fraction of sp³-hybridized carbons (Fsp3) is 0.222. The summed E-state index contributed by atoms with van der Waals surface area (Å²) in [5.41, 5.74) is -4.92. The predicted molar refractivity (Wildman–Crippen MR) is 60.8 cm³/mol. The van der Waals surface area contributed by atoms with Crippen molar-refractivity contribution in [3.63, 3.8) is 0 Å². The fourth-order valence-corrected chi connectivity index (χ4v) is 3.45. The van der Waals surface area contributed by atoms with Crippen LogP contribution in [0.2, 0.25) is 0 Å². The molecule has 0 saturated carbocycles. The van der Waals surface area contributed by atoms with Gasteiger partial charge in [-0.1, -0.05) is 0 Å². The van der Waals surface area contributed by atoms with Crippen molar-refractivity contribution in [3.05, 3.63) is 23.3 Å². The Labute approximate surface area is 110 Å². The number of alkyl halides is 3. The molecule has 9 heteroatoms. The van der Waals surface area contributed by atoms with Crippen molar-refractivity contribution in [3.8, 4) is 6.07 Å². The second kappa shape index (κ2) is 4.99. The number of benzene rings is 1. The van der Waals surface area contributed by atoms with E-state index in [1.165, 1.54) is 13.0 Å². The molecule has 0 amide bonds. The topological polar surface area (TPSA) is 57.9 Å². The SMILES string of the molecule is Cc1cc(SC(F)(F)F)cc(C#N)c1S(=O)(=O)Cl. The van der Waals surface area contributed by atoms with Crippen LogP contribution in [0.15, 0.2) is 21.9 Å². The number of aryl methyl sites for hydroxylation is 1. The van der Waals surface area contributed by atoms with Crippen LogP contribution in [0.1, 0.15) is 11.1 Å². The Bertz CT molecular complexity index is 620. The summed E-state index contributed by atoms with van der Waals surface area (Å²) in [5.74, 6) is 0. The molecule has 0 N–H and O–H groups in total. The number of thioether (sulfide) groups is 1. The molecule has 0 aliphatic rings. The molecule has 1 aromatic carbocycles. The molecule has 0 aromatic heterocycles. The average Bonchev–Trinajstić information content (AvgIpc) is 2.11. The number of hydrogen-bond donors (Lipinski definition) is 0.